The number of aliphatic carboxylic acids is 1. The highest BCUT2D eigenvalue weighted by molar-refractivity contribution is 7.87. The second-order valence-electron chi connectivity index (χ2n) is 4.92. The number of hydrogen-bond donors (Lipinski definition) is 3. The van der Waals surface area contributed by atoms with Crippen LogP contribution >= 0.6 is 0 Å². The molecular weight excluding hydrogens is 280 g/mol. The number of benzene rings is 1. The van der Waals surface area contributed by atoms with Crippen molar-refractivity contribution in [1.29, 1.82) is 0 Å². The monoisotopic (exact) mass is 300 g/mol. The zero-order valence-electron chi connectivity index (χ0n) is 11.5. The lowest BCUT2D eigenvalue weighted by atomic mass is 10.1. The summed E-state index contributed by atoms with van der Waals surface area (Å²) in [5, 5.41) is 8.90. The average Bonchev–Trinajstić information content (AvgIpc) is 2.36. The van der Waals surface area contributed by atoms with Crippen LogP contribution in [0.15, 0.2) is 30.3 Å². The van der Waals surface area contributed by atoms with Gasteiger partial charge in [-0.3, -0.25) is 4.79 Å². The van der Waals surface area contributed by atoms with Crippen LogP contribution in [0.3, 0.4) is 0 Å². The van der Waals surface area contributed by atoms with Gasteiger partial charge in [0.1, 0.15) is 0 Å². The molecule has 0 aliphatic heterocycles. The van der Waals surface area contributed by atoms with Gasteiger partial charge >= 0.3 is 5.97 Å². The first-order chi connectivity index (χ1) is 9.30. The Kier molecular flexibility index (Phi) is 6.12. The van der Waals surface area contributed by atoms with Gasteiger partial charge in [-0.15, -0.1) is 0 Å². The van der Waals surface area contributed by atoms with Crippen LogP contribution < -0.4 is 9.44 Å². The molecule has 1 aromatic carbocycles. The first kappa shape index (κ1) is 16.6. The molecule has 0 saturated heterocycles. The smallest absolute Gasteiger partial charge is 0.305 e. The predicted octanol–water partition coefficient (Wildman–Crippen LogP) is 1.28. The van der Waals surface area contributed by atoms with Crippen molar-refractivity contribution in [3.05, 3.63) is 35.9 Å². The van der Waals surface area contributed by atoms with E-state index in [2.05, 4.69) is 9.44 Å². The third kappa shape index (κ3) is 6.14. The van der Waals surface area contributed by atoms with Crippen molar-refractivity contribution in [2.24, 2.45) is 5.92 Å². The maximum Gasteiger partial charge on any atom is 0.305 e. The molecule has 0 heterocycles. The van der Waals surface area contributed by atoms with Crippen LogP contribution in [0.25, 0.3) is 0 Å². The lowest BCUT2D eigenvalue weighted by molar-refractivity contribution is -0.137. The molecule has 0 aliphatic rings. The van der Waals surface area contributed by atoms with E-state index in [1.54, 1.807) is 30.3 Å². The third-order valence-corrected chi connectivity index (χ3v) is 3.70. The molecule has 112 valence electrons. The molecule has 0 bridgehead atoms. The number of carboxylic acids is 1. The zero-order valence-corrected chi connectivity index (χ0v) is 12.4. The van der Waals surface area contributed by atoms with Crippen molar-refractivity contribution in [1.82, 2.24) is 9.44 Å². The molecule has 1 rings (SSSR count). The van der Waals surface area contributed by atoms with E-state index in [9.17, 15) is 13.2 Å². The molecular formula is C13H20N2O4S. The van der Waals surface area contributed by atoms with E-state index in [4.69, 9.17) is 5.11 Å². The Bertz CT molecular complexity index is 529. The van der Waals surface area contributed by atoms with Crippen LogP contribution in [-0.4, -0.2) is 26.0 Å². The van der Waals surface area contributed by atoms with Gasteiger partial charge in [0, 0.05) is 6.54 Å². The fraction of sp³-hybridized carbons (Fsp3) is 0.462. The highest BCUT2D eigenvalue weighted by Gasteiger charge is 2.21. The summed E-state index contributed by atoms with van der Waals surface area (Å²) in [6, 6.07) is 7.85. The lowest BCUT2D eigenvalue weighted by Crippen LogP contribution is -2.40. The van der Waals surface area contributed by atoms with Crippen molar-refractivity contribution in [2.75, 3.05) is 6.54 Å². The van der Waals surface area contributed by atoms with Crippen LogP contribution in [0, 0.1) is 5.92 Å². The SMILES string of the molecule is CC(C)CNS(=O)(=O)NC(CC(=O)O)c1ccccc1. The minimum Gasteiger partial charge on any atom is -0.481 e. The number of nitrogens with one attached hydrogen (secondary N) is 2. The average molecular weight is 300 g/mol. The molecule has 1 atom stereocenters. The molecule has 3 N–H and O–H groups in total. The first-order valence-corrected chi connectivity index (χ1v) is 7.82. The van der Waals surface area contributed by atoms with Crippen LogP contribution in [0.5, 0.6) is 0 Å². The minimum absolute atomic E-state index is 0.168. The Morgan fingerprint density at radius 2 is 1.85 bits per heavy atom. The van der Waals surface area contributed by atoms with Crippen LogP contribution in [-0.2, 0) is 15.0 Å². The van der Waals surface area contributed by atoms with E-state index in [-0.39, 0.29) is 12.3 Å². The standard InChI is InChI=1S/C13H20N2O4S/c1-10(2)9-14-20(18,19)15-12(8-13(16)17)11-6-4-3-5-7-11/h3-7,10,12,14-15H,8-9H2,1-2H3,(H,16,17). The van der Waals surface area contributed by atoms with Crippen molar-refractivity contribution >= 4 is 16.2 Å². The summed E-state index contributed by atoms with van der Waals surface area (Å²) in [6.45, 7) is 4.06. The quantitative estimate of drug-likeness (QED) is 0.674. The number of hydrogen-bond acceptors (Lipinski definition) is 3. The normalized spacial score (nSPS) is 13.3. The summed E-state index contributed by atoms with van der Waals surface area (Å²) in [5.41, 5.74) is 0.616. The summed E-state index contributed by atoms with van der Waals surface area (Å²) in [5.74, 6) is -0.897. The lowest BCUT2D eigenvalue weighted by Gasteiger charge is -2.18. The Hall–Kier alpha value is -1.44. The van der Waals surface area contributed by atoms with Gasteiger partial charge in [0.05, 0.1) is 12.5 Å². The second kappa shape index (κ2) is 7.37. The van der Waals surface area contributed by atoms with Gasteiger partial charge in [-0.05, 0) is 11.5 Å². The largest absolute Gasteiger partial charge is 0.481 e. The van der Waals surface area contributed by atoms with E-state index >= 15 is 0 Å². The van der Waals surface area contributed by atoms with Gasteiger partial charge in [0.15, 0.2) is 0 Å². The number of rotatable bonds is 8. The molecule has 1 unspecified atom stereocenters. The van der Waals surface area contributed by atoms with Crippen LogP contribution in [0.1, 0.15) is 31.9 Å². The molecule has 0 aromatic heterocycles. The maximum absolute atomic E-state index is 11.9. The van der Waals surface area contributed by atoms with Gasteiger partial charge in [0.25, 0.3) is 10.2 Å². The molecule has 1 aromatic rings. The van der Waals surface area contributed by atoms with E-state index in [0.29, 0.717) is 12.1 Å². The molecule has 0 fully saturated rings. The number of carboxylic acid groups (broad SMARTS) is 1. The fourth-order valence-corrected chi connectivity index (χ4v) is 2.82. The highest BCUT2D eigenvalue weighted by atomic mass is 32.2. The summed E-state index contributed by atoms with van der Waals surface area (Å²) in [6.07, 6.45) is -0.313. The Morgan fingerprint density at radius 1 is 1.25 bits per heavy atom. The summed E-state index contributed by atoms with van der Waals surface area (Å²) in [7, 11) is -3.73. The van der Waals surface area contributed by atoms with Crippen LogP contribution in [0.4, 0.5) is 0 Å². The third-order valence-electron chi connectivity index (χ3n) is 2.56. The Balaban J connectivity index is 2.82. The van der Waals surface area contributed by atoms with Gasteiger partial charge in [-0.25, -0.2) is 4.72 Å². The van der Waals surface area contributed by atoms with E-state index in [1.165, 1.54) is 0 Å². The predicted molar refractivity (Wildman–Crippen MR) is 76.3 cm³/mol. The molecule has 0 radical (unpaired) electrons. The molecule has 0 amide bonds. The molecule has 0 spiro atoms. The topological polar surface area (TPSA) is 95.5 Å². The Morgan fingerprint density at radius 3 is 2.35 bits per heavy atom. The second-order valence-corrected chi connectivity index (χ2v) is 6.46. The molecule has 6 nitrogen and oxygen atoms in total. The summed E-state index contributed by atoms with van der Waals surface area (Å²) < 4.78 is 28.5. The van der Waals surface area contributed by atoms with Crippen molar-refractivity contribution < 1.29 is 18.3 Å². The van der Waals surface area contributed by atoms with Crippen molar-refractivity contribution in [3.8, 4) is 0 Å². The molecule has 20 heavy (non-hydrogen) atoms. The van der Waals surface area contributed by atoms with Crippen LogP contribution in [0.2, 0.25) is 0 Å². The van der Waals surface area contributed by atoms with E-state index in [1.807, 2.05) is 13.8 Å². The van der Waals surface area contributed by atoms with E-state index < -0.39 is 22.2 Å². The zero-order chi connectivity index (χ0) is 15.2. The van der Waals surface area contributed by atoms with Gasteiger partial charge < -0.3 is 5.11 Å². The van der Waals surface area contributed by atoms with Crippen molar-refractivity contribution in [3.63, 3.8) is 0 Å². The van der Waals surface area contributed by atoms with Gasteiger partial charge in [-0.2, -0.15) is 13.1 Å². The molecule has 0 saturated carbocycles. The number of carbonyl (C=O) groups is 1. The first-order valence-electron chi connectivity index (χ1n) is 6.34. The maximum atomic E-state index is 11.9. The Labute approximate surface area is 119 Å². The van der Waals surface area contributed by atoms with Crippen molar-refractivity contribution in [2.45, 2.75) is 26.3 Å². The fourth-order valence-electron chi connectivity index (χ4n) is 1.59. The van der Waals surface area contributed by atoms with E-state index in [0.717, 1.165) is 0 Å². The molecule has 7 heteroatoms. The minimum atomic E-state index is -3.73. The summed E-state index contributed by atoms with van der Waals surface area (Å²) in [4.78, 5) is 10.9. The van der Waals surface area contributed by atoms with Gasteiger partial charge in [0.2, 0.25) is 0 Å². The molecule has 0 aliphatic carbocycles. The summed E-state index contributed by atoms with van der Waals surface area (Å²) >= 11 is 0. The highest BCUT2D eigenvalue weighted by Crippen LogP contribution is 2.17. The van der Waals surface area contributed by atoms with Gasteiger partial charge in [-0.1, -0.05) is 44.2 Å².